The molecule has 130 valence electrons. The molecule has 2 rings (SSSR count). The van der Waals surface area contributed by atoms with E-state index in [4.69, 9.17) is 15.2 Å². The number of aromatic nitrogens is 1. The Morgan fingerprint density at radius 2 is 1.88 bits per heavy atom. The highest BCUT2D eigenvalue weighted by atomic mass is 127. The number of hydrogen-bond acceptors (Lipinski definition) is 4. The molecule has 24 heavy (non-hydrogen) atoms. The maximum absolute atomic E-state index is 5.90. The molecule has 0 amide bonds. The molecule has 1 aromatic carbocycles. The SMILES string of the molecule is COc1ccc(CNC(N)=NCc2cncc(C)c2)cc1OC.I. The van der Waals surface area contributed by atoms with Gasteiger partial charge in [-0.3, -0.25) is 4.98 Å². The standard InChI is InChI=1S/C17H22N4O2.HI/c1-12-6-14(9-19-8-12)11-21-17(18)20-10-13-4-5-15(22-2)16(7-13)23-3;/h4-9H,10-11H2,1-3H3,(H3,18,20,21);1H. The van der Waals surface area contributed by atoms with E-state index in [1.54, 1.807) is 20.4 Å². The summed E-state index contributed by atoms with van der Waals surface area (Å²) in [6.07, 6.45) is 3.60. The molecule has 1 aromatic heterocycles. The number of methoxy groups -OCH3 is 2. The molecule has 0 bridgehead atoms. The topological polar surface area (TPSA) is 81.8 Å². The molecule has 3 N–H and O–H groups in total. The number of benzene rings is 1. The minimum Gasteiger partial charge on any atom is -0.493 e. The van der Waals surface area contributed by atoms with E-state index >= 15 is 0 Å². The van der Waals surface area contributed by atoms with Crippen LogP contribution in [-0.2, 0) is 13.1 Å². The summed E-state index contributed by atoms with van der Waals surface area (Å²) in [6.45, 7) is 3.06. The third kappa shape index (κ3) is 5.88. The Labute approximate surface area is 159 Å². The summed E-state index contributed by atoms with van der Waals surface area (Å²) in [6, 6.07) is 7.76. The summed E-state index contributed by atoms with van der Waals surface area (Å²) in [5.74, 6) is 1.78. The van der Waals surface area contributed by atoms with Gasteiger partial charge in [0, 0.05) is 18.9 Å². The van der Waals surface area contributed by atoms with E-state index in [1.807, 2.05) is 37.4 Å². The molecule has 0 spiro atoms. The lowest BCUT2D eigenvalue weighted by molar-refractivity contribution is 0.354. The van der Waals surface area contributed by atoms with E-state index in [0.29, 0.717) is 30.5 Å². The Morgan fingerprint density at radius 1 is 1.12 bits per heavy atom. The number of halogens is 1. The van der Waals surface area contributed by atoms with Gasteiger partial charge in [0.2, 0.25) is 0 Å². The molecular formula is C17H23IN4O2. The molecule has 0 aliphatic heterocycles. The van der Waals surface area contributed by atoms with Gasteiger partial charge in [-0.1, -0.05) is 12.1 Å². The van der Waals surface area contributed by atoms with Gasteiger partial charge >= 0.3 is 0 Å². The van der Waals surface area contributed by atoms with Crippen LogP contribution in [0.15, 0.2) is 41.7 Å². The average Bonchev–Trinajstić information content (AvgIpc) is 2.57. The number of pyridine rings is 1. The van der Waals surface area contributed by atoms with Gasteiger partial charge in [0.05, 0.1) is 20.8 Å². The molecule has 0 saturated carbocycles. The number of nitrogens with one attached hydrogen (secondary N) is 1. The zero-order chi connectivity index (χ0) is 16.7. The summed E-state index contributed by atoms with van der Waals surface area (Å²) in [5.41, 5.74) is 9.06. The number of ether oxygens (including phenoxy) is 2. The van der Waals surface area contributed by atoms with Crippen LogP contribution in [-0.4, -0.2) is 25.2 Å². The summed E-state index contributed by atoms with van der Waals surface area (Å²) in [7, 11) is 3.22. The van der Waals surface area contributed by atoms with E-state index in [0.717, 1.165) is 16.7 Å². The van der Waals surface area contributed by atoms with Crippen LogP contribution in [0, 0.1) is 6.92 Å². The van der Waals surface area contributed by atoms with E-state index < -0.39 is 0 Å². The summed E-state index contributed by atoms with van der Waals surface area (Å²) in [5, 5.41) is 3.08. The second-order valence-corrected chi connectivity index (χ2v) is 5.11. The predicted molar refractivity (Wildman–Crippen MR) is 106 cm³/mol. The summed E-state index contributed by atoms with van der Waals surface area (Å²) >= 11 is 0. The first kappa shape index (κ1) is 20.0. The molecule has 6 nitrogen and oxygen atoms in total. The summed E-state index contributed by atoms with van der Waals surface area (Å²) in [4.78, 5) is 8.45. The maximum Gasteiger partial charge on any atom is 0.189 e. The Hall–Kier alpha value is -2.03. The van der Waals surface area contributed by atoms with Crippen molar-refractivity contribution in [3.05, 3.63) is 53.3 Å². The van der Waals surface area contributed by atoms with E-state index in [-0.39, 0.29) is 24.0 Å². The fourth-order valence-corrected chi connectivity index (χ4v) is 2.12. The quantitative estimate of drug-likeness (QED) is 0.409. The number of guanidine groups is 1. The minimum absolute atomic E-state index is 0. The van der Waals surface area contributed by atoms with Gasteiger partial charge in [0.1, 0.15) is 0 Å². The molecule has 0 fully saturated rings. The second kappa shape index (κ2) is 9.96. The zero-order valence-electron chi connectivity index (χ0n) is 14.1. The lowest BCUT2D eigenvalue weighted by Gasteiger charge is -2.10. The third-order valence-corrected chi connectivity index (χ3v) is 3.29. The number of nitrogens with zero attached hydrogens (tertiary/aromatic N) is 2. The van der Waals surface area contributed by atoms with Gasteiger partial charge in [0.25, 0.3) is 0 Å². The van der Waals surface area contributed by atoms with Gasteiger partial charge in [-0.2, -0.15) is 0 Å². The number of rotatable bonds is 6. The van der Waals surface area contributed by atoms with Gasteiger partial charge < -0.3 is 20.5 Å². The molecule has 0 aliphatic carbocycles. The average molecular weight is 442 g/mol. The first-order chi connectivity index (χ1) is 11.1. The smallest absolute Gasteiger partial charge is 0.189 e. The molecule has 1 heterocycles. The normalized spacial score (nSPS) is 10.7. The number of aryl methyl sites for hydroxylation is 1. The molecule has 0 saturated heterocycles. The van der Waals surface area contributed by atoms with Gasteiger partial charge in [0.15, 0.2) is 17.5 Å². The largest absolute Gasteiger partial charge is 0.493 e. The van der Waals surface area contributed by atoms with Crippen molar-refractivity contribution in [1.29, 1.82) is 0 Å². The van der Waals surface area contributed by atoms with Crippen LogP contribution in [0.25, 0.3) is 0 Å². The van der Waals surface area contributed by atoms with Crippen molar-refractivity contribution < 1.29 is 9.47 Å². The lowest BCUT2D eigenvalue weighted by Crippen LogP contribution is -2.31. The number of nitrogens with two attached hydrogens (primary N) is 1. The molecular weight excluding hydrogens is 419 g/mol. The Kier molecular flexibility index (Phi) is 8.31. The molecule has 2 aromatic rings. The van der Waals surface area contributed by atoms with E-state index in [2.05, 4.69) is 15.3 Å². The van der Waals surface area contributed by atoms with Crippen molar-refractivity contribution >= 4 is 29.9 Å². The van der Waals surface area contributed by atoms with E-state index in [9.17, 15) is 0 Å². The van der Waals surface area contributed by atoms with Crippen molar-refractivity contribution in [3.63, 3.8) is 0 Å². The Bertz CT molecular complexity index is 692. The van der Waals surface area contributed by atoms with Crippen molar-refractivity contribution in [2.45, 2.75) is 20.0 Å². The Morgan fingerprint density at radius 3 is 2.54 bits per heavy atom. The number of aliphatic imine (C=N–C) groups is 1. The van der Waals surface area contributed by atoms with Crippen LogP contribution in [0.2, 0.25) is 0 Å². The van der Waals surface area contributed by atoms with Gasteiger partial charge in [-0.05, 0) is 35.7 Å². The number of hydrogen-bond donors (Lipinski definition) is 2. The van der Waals surface area contributed by atoms with E-state index in [1.165, 1.54) is 0 Å². The molecule has 0 unspecified atom stereocenters. The van der Waals surface area contributed by atoms with Crippen LogP contribution in [0.4, 0.5) is 0 Å². The predicted octanol–water partition coefficient (Wildman–Crippen LogP) is 2.63. The first-order valence-corrected chi connectivity index (χ1v) is 7.27. The van der Waals surface area contributed by atoms with Crippen molar-refractivity contribution in [3.8, 4) is 11.5 Å². The fraction of sp³-hybridized carbons (Fsp3) is 0.294. The highest BCUT2D eigenvalue weighted by Gasteiger charge is 2.04. The second-order valence-electron chi connectivity index (χ2n) is 5.11. The molecule has 7 heteroatoms. The monoisotopic (exact) mass is 442 g/mol. The van der Waals surface area contributed by atoms with Crippen molar-refractivity contribution in [2.75, 3.05) is 14.2 Å². The highest BCUT2D eigenvalue weighted by molar-refractivity contribution is 14.0. The van der Waals surface area contributed by atoms with Crippen molar-refractivity contribution in [1.82, 2.24) is 10.3 Å². The van der Waals surface area contributed by atoms with Gasteiger partial charge in [-0.15, -0.1) is 24.0 Å². The van der Waals surface area contributed by atoms with Crippen LogP contribution in [0.3, 0.4) is 0 Å². The van der Waals surface area contributed by atoms with Crippen LogP contribution >= 0.6 is 24.0 Å². The minimum atomic E-state index is 0. The molecule has 0 radical (unpaired) electrons. The molecule has 0 aliphatic rings. The zero-order valence-corrected chi connectivity index (χ0v) is 16.4. The third-order valence-electron chi connectivity index (χ3n) is 3.29. The van der Waals surface area contributed by atoms with Crippen LogP contribution in [0.5, 0.6) is 11.5 Å². The maximum atomic E-state index is 5.90. The van der Waals surface area contributed by atoms with Crippen LogP contribution < -0.4 is 20.5 Å². The molecule has 0 atom stereocenters. The first-order valence-electron chi connectivity index (χ1n) is 7.27. The fourth-order valence-electron chi connectivity index (χ4n) is 2.12. The highest BCUT2D eigenvalue weighted by Crippen LogP contribution is 2.27. The Balaban J connectivity index is 0.00000288. The van der Waals surface area contributed by atoms with Crippen molar-refractivity contribution in [2.24, 2.45) is 10.7 Å². The van der Waals surface area contributed by atoms with Gasteiger partial charge in [-0.25, -0.2) is 4.99 Å². The van der Waals surface area contributed by atoms with Crippen LogP contribution in [0.1, 0.15) is 16.7 Å². The lowest BCUT2D eigenvalue weighted by atomic mass is 10.2. The summed E-state index contributed by atoms with van der Waals surface area (Å²) < 4.78 is 10.5.